The van der Waals surface area contributed by atoms with E-state index in [9.17, 15) is 9.18 Å². The summed E-state index contributed by atoms with van der Waals surface area (Å²) in [4.78, 5) is 17.1. The number of aromatic nitrogens is 1. The lowest BCUT2D eigenvalue weighted by atomic mass is 9.95. The van der Waals surface area contributed by atoms with Crippen LogP contribution in [0.25, 0.3) is 0 Å². The molecule has 0 unspecified atom stereocenters. The first-order chi connectivity index (χ1) is 15.4. The Morgan fingerprint density at radius 2 is 2.00 bits per heavy atom. The molecule has 0 spiro atoms. The third kappa shape index (κ3) is 4.82. The highest BCUT2D eigenvalue weighted by Crippen LogP contribution is 2.38. The molecular formula is C25H25FN2O4. The number of hydrogen-bond acceptors (Lipinski definition) is 5. The summed E-state index contributed by atoms with van der Waals surface area (Å²) in [6.07, 6.45) is 3.07. The Balaban J connectivity index is 1.57. The van der Waals surface area contributed by atoms with Crippen LogP contribution in [0.15, 0.2) is 48.7 Å². The van der Waals surface area contributed by atoms with E-state index in [4.69, 9.17) is 14.6 Å². The zero-order valence-electron chi connectivity index (χ0n) is 18.1. The van der Waals surface area contributed by atoms with E-state index in [2.05, 4.69) is 11.1 Å². The minimum Gasteiger partial charge on any atom is -0.493 e. The van der Waals surface area contributed by atoms with Crippen LogP contribution in [0.3, 0.4) is 0 Å². The van der Waals surface area contributed by atoms with Gasteiger partial charge < -0.3 is 19.5 Å². The minimum atomic E-state index is -0.803. The van der Waals surface area contributed by atoms with Crippen molar-refractivity contribution in [1.29, 1.82) is 0 Å². The standard InChI is InChI=1S/C25H25FN2O4/c1-16-3-7-24(27-14-16)32-23-13-21(20(26)12-22(23)31-2)28-10-9-18-11-17(5-8-25(29)30)4-6-19(18)15-28/h3-4,6-7,11-14H,5,8-10,15H2,1-2H3,(H,29,30). The molecule has 4 rings (SSSR count). The number of carbonyl (C=O) groups is 1. The van der Waals surface area contributed by atoms with E-state index in [0.717, 1.165) is 23.1 Å². The number of methoxy groups -OCH3 is 1. The number of halogens is 1. The third-order valence-corrected chi connectivity index (χ3v) is 5.58. The predicted octanol–water partition coefficient (Wildman–Crippen LogP) is 4.91. The Morgan fingerprint density at radius 3 is 2.72 bits per heavy atom. The van der Waals surface area contributed by atoms with Gasteiger partial charge in [-0.1, -0.05) is 24.3 Å². The normalized spacial score (nSPS) is 12.9. The maximum atomic E-state index is 15.0. The molecule has 3 aromatic rings. The van der Waals surface area contributed by atoms with E-state index < -0.39 is 5.97 Å². The van der Waals surface area contributed by atoms with Gasteiger partial charge in [-0.3, -0.25) is 4.79 Å². The van der Waals surface area contributed by atoms with Crippen molar-refractivity contribution in [2.45, 2.75) is 32.7 Å². The number of anilines is 1. The Kier molecular flexibility index (Phi) is 6.25. The third-order valence-electron chi connectivity index (χ3n) is 5.58. The molecule has 1 aromatic heterocycles. The van der Waals surface area contributed by atoms with Crippen molar-refractivity contribution in [3.05, 3.63) is 76.7 Å². The van der Waals surface area contributed by atoms with E-state index in [1.54, 1.807) is 18.3 Å². The van der Waals surface area contributed by atoms with Gasteiger partial charge in [0.25, 0.3) is 0 Å². The minimum absolute atomic E-state index is 0.112. The Labute approximate surface area is 186 Å². The van der Waals surface area contributed by atoms with Crippen molar-refractivity contribution in [3.63, 3.8) is 0 Å². The molecule has 6 nitrogen and oxygen atoms in total. The maximum absolute atomic E-state index is 15.0. The Bertz CT molecular complexity index is 1130. The molecule has 0 amide bonds. The number of carboxylic acid groups (broad SMARTS) is 1. The van der Waals surface area contributed by atoms with E-state index in [1.807, 2.05) is 30.0 Å². The zero-order valence-corrected chi connectivity index (χ0v) is 18.1. The summed E-state index contributed by atoms with van der Waals surface area (Å²) in [5.41, 5.74) is 4.75. The first-order valence-corrected chi connectivity index (χ1v) is 10.5. The number of pyridine rings is 1. The average molecular weight is 436 g/mol. The molecule has 0 saturated carbocycles. The fourth-order valence-electron chi connectivity index (χ4n) is 3.85. The van der Waals surface area contributed by atoms with Gasteiger partial charge in [0, 0.05) is 43.9 Å². The van der Waals surface area contributed by atoms with Crippen molar-refractivity contribution in [2.75, 3.05) is 18.6 Å². The molecule has 0 radical (unpaired) electrons. The summed E-state index contributed by atoms with van der Waals surface area (Å²) in [7, 11) is 1.48. The van der Waals surface area contributed by atoms with Gasteiger partial charge in [0.1, 0.15) is 5.82 Å². The van der Waals surface area contributed by atoms with E-state index in [0.29, 0.717) is 42.6 Å². The monoisotopic (exact) mass is 436 g/mol. The molecule has 1 aliphatic heterocycles. The number of nitrogens with zero attached hydrogens (tertiary/aromatic N) is 2. The summed E-state index contributed by atoms with van der Waals surface area (Å²) in [6.45, 7) is 3.14. The molecule has 32 heavy (non-hydrogen) atoms. The van der Waals surface area contributed by atoms with E-state index in [1.165, 1.54) is 18.7 Å². The van der Waals surface area contributed by atoms with Crippen LogP contribution in [0.4, 0.5) is 10.1 Å². The lowest BCUT2D eigenvalue weighted by molar-refractivity contribution is -0.136. The lowest BCUT2D eigenvalue weighted by Gasteiger charge is -2.31. The van der Waals surface area contributed by atoms with Crippen molar-refractivity contribution >= 4 is 11.7 Å². The molecule has 0 aliphatic carbocycles. The number of hydrogen-bond donors (Lipinski definition) is 1. The van der Waals surface area contributed by atoms with Gasteiger partial charge in [-0.05, 0) is 42.0 Å². The van der Waals surface area contributed by atoms with Crippen molar-refractivity contribution in [3.8, 4) is 17.4 Å². The molecule has 0 saturated heterocycles. The van der Waals surface area contributed by atoms with Crippen LogP contribution in [0.2, 0.25) is 0 Å². The van der Waals surface area contributed by atoms with Crippen LogP contribution in [0, 0.1) is 12.7 Å². The van der Waals surface area contributed by atoms with Crippen LogP contribution in [-0.2, 0) is 24.2 Å². The highest BCUT2D eigenvalue weighted by molar-refractivity contribution is 5.67. The van der Waals surface area contributed by atoms with Crippen molar-refractivity contribution in [1.82, 2.24) is 4.98 Å². The second kappa shape index (κ2) is 9.26. The number of aliphatic carboxylic acids is 1. The van der Waals surface area contributed by atoms with E-state index in [-0.39, 0.29) is 12.2 Å². The maximum Gasteiger partial charge on any atom is 0.303 e. The number of aryl methyl sites for hydroxylation is 2. The summed E-state index contributed by atoms with van der Waals surface area (Å²) in [6, 6.07) is 12.7. The molecule has 0 atom stereocenters. The fraction of sp³-hybridized carbons (Fsp3) is 0.280. The lowest BCUT2D eigenvalue weighted by Crippen LogP contribution is -2.31. The summed E-state index contributed by atoms with van der Waals surface area (Å²) in [5, 5.41) is 8.90. The molecule has 166 valence electrons. The molecule has 2 aromatic carbocycles. The second-order valence-corrected chi connectivity index (χ2v) is 7.90. The number of fused-ring (bicyclic) bond motifs is 1. The topological polar surface area (TPSA) is 71.9 Å². The molecule has 0 bridgehead atoms. The van der Waals surface area contributed by atoms with Gasteiger partial charge in [0.05, 0.1) is 12.8 Å². The molecule has 1 aliphatic rings. The highest BCUT2D eigenvalue weighted by atomic mass is 19.1. The molecule has 0 fully saturated rings. The fourth-order valence-corrected chi connectivity index (χ4v) is 3.85. The number of ether oxygens (including phenoxy) is 2. The quantitative estimate of drug-likeness (QED) is 0.567. The smallest absolute Gasteiger partial charge is 0.303 e. The van der Waals surface area contributed by atoms with Gasteiger partial charge in [-0.15, -0.1) is 0 Å². The van der Waals surface area contributed by atoms with Crippen LogP contribution in [-0.4, -0.2) is 29.7 Å². The van der Waals surface area contributed by atoms with Gasteiger partial charge in [-0.25, -0.2) is 9.37 Å². The van der Waals surface area contributed by atoms with Gasteiger partial charge >= 0.3 is 5.97 Å². The number of benzene rings is 2. The average Bonchev–Trinajstić information content (AvgIpc) is 2.79. The number of carboxylic acids is 1. The molecule has 2 heterocycles. The van der Waals surface area contributed by atoms with Gasteiger partial charge in [-0.2, -0.15) is 0 Å². The van der Waals surface area contributed by atoms with Crippen LogP contribution in [0.1, 0.15) is 28.7 Å². The molecule has 7 heteroatoms. The van der Waals surface area contributed by atoms with Crippen LogP contribution in [0.5, 0.6) is 17.4 Å². The summed E-state index contributed by atoms with van der Waals surface area (Å²) >= 11 is 0. The van der Waals surface area contributed by atoms with Gasteiger partial charge in [0.15, 0.2) is 11.5 Å². The van der Waals surface area contributed by atoms with E-state index >= 15 is 0 Å². The number of rotatable bonds is 7. The first kappa shape index (κ1) is 21.6. The van der Waals surface area contributed by atoms with Crippen LogP contribution < -0.4 is 14.4 Å². The molecular weight excluding hydrogens is 411 g/mol. The Hall–Kier alpha value is -3.61. The van der Waals surface area contributed by atoms with Crippen molar-refractivity contribution < 1.29 is 23.8 Å². The Morgan fingerprint density at radius 1 is 1.16 bits per heavy atom. The summed E-state index contributed by atoms with van der Waals surface area (Å²) < 4.78 is 26.2. The SMILES string of the molecule is COc1cc(F)c(N2CCc3cc(CCC(=O)O)ccc3C2)cc1Oc1ccc(C)cn1. The van der Waals surface area contributed by atoms with Crippen molar-refractivity contribution in [2.24, 2.45) is 0 Å². The largest absolute Gasteiger partial charge is 0.493 e. The predicted molar refractivity (Wildman–Crippen MR) is 119 cm³/mol. The highest BCUT2D eigenvalue weighted by Gasteiger charge is 2.22. The van der Waals surface area contributed by atoms with Crippen LogP contribution >= 0.6 is 0 Å². The molecule has 1 N–H and O–H groups in total. The van der Waals surface area contributed by atoms with Gasteiger partial charge in [0.2, 0.25) is 5.88 Å². The zero-order chi connectivity index (χ0) is 22.7. The second-order valence-electron chi connectivity index (χ2n) is 7.90. The summed E-state index contributed by atoms with van der Waals surface area (Å²) in [5.74, 6) is -0.0798. The first-order valence-electron chi connectivity index (χ1n) is 10.5.